The van der Waals surface area contributed by atoms with Crippen LogP contribution < -0.4 is 5.32 Å². The summed E-state index contributed by atoms with van der Waals surface area (Å²) in [5, 5.41) is -1.17. The van der Waals surface area contributed by atoms with Crippen molar-refractivity contribution >= 4 is 88.4 Å². The minimum Gasteiger partial charge on any atom is -0.330 e. The molecule has 1 amide bonds. The molecule has 0 aliphatic rings. The number of hydrogen-bond donors (Lipinski definition) is 5. The molecule has 0 aromatic rings. The molecule has 17 heavy (non-hydrogen) atoms. The topological polar surface area (TPSA) is 144 Å². The Bertz CT molecular complexity index is 330. The molecule has 0 bridgehead atoms. The van der Waals surface area contributed by atoms with E-state index in [1.54, 1.807) is 5.32 Å². The second-order valence-corrected chi connectivity index (χ2v) is 7.00. The Labute approximate surface area is 151 Å². The molecule has 8 nitrogen and oxygen atoms in total. The predicted octanol–water partition coefficient (Wildman–Crippen LogP) is -1.22. The standard InChI is InChI=1S/C5H13NO7P2.Ca.Na/c1-3-5(6-4(2)7,14(8,9)10)15(11,12)13;;/h3H2,1-2H3,(H,6,7)(H2,8,9,10)(H2,11,12,13);;. The first kappa shape index (κ1) is 24.1. The first-order chi connectivity index (χ1) is 6.48. The summed E-state index contributed by atoms with van der Waals surface area (Å²) in [6.07, 6.45) is -0.582. The van der Waals surface area contributed by atoms with Gasteiger partial charge >= 0.3 is 15.2 Å². The summed E-state index contributed by atoms with van der Waals surface area (Å²) in [5.41, 5.74) is 0. The Balaban J connectivity index is -0.000000980. The van der Waals surface area contributed by atoms with E-state index in [2.05, 4.69) is 0 Å². The van der Waals surface area contributed by atoms with Crippen molar-refractivity contribution in [1.82, 2.24) is 5.32 Å². The largest absolute Gasteiger partial charge is 0.363 e. The third kappa shape index (κ3) is 5.90. The van der Waals surface area contributed by atoms with Crippen LogP contribution in [0.4, 0.5) is 0 Å². The predicted molar refractivity (Wildman–Crippen MR) is 62.4 cm³/mol. The molecular weight excluding hydrogens is 311 g/mol. The summed E-state index contributed by atoms with van der Waals surface area (Å²) < 4.78 is 22.1. The van der Waals surface area contributed by atoms with Crippen LogP contribution in [0.1, 0.15) is 20.3 Å². The number of nitrogens with one attached hydrogen (secondary N) is 1. The van der Waals surface area contributed by atoms with Crippen LogP contribution in [-0.2, 0) is 13.9 Å². The van der Waals surface area contributed by atoms with Gasteiger partial charge in [0.1, 0.15) is 0 Å². The van der Waals surface area contributed by atoms with Crippen LogP contribution in [0.5, 0.6) is 0 Å². The van der Waals surface area contributed by atoms with Crippen LogP contribution in [0.3, 0.4) is 0 Å². The first-order valence-electron chi connectivity index (χ1n) is 3.88. The number of carbonyl (C=O) groups is 1. The van der Waals surface area contributed by atoms with Gasteiger partial charge in [0.05, 0.1) is 0 Å². The van der Waals surface area contributed by atoms with Gasteiger partial charge in [-0.2, -0.15) is 0 Å². The zero-order valence-electron chi connectivity index (χ0n) is 9.82. The van der Waals surface area contributed by atoms with Gasteiger partial charge in [-0.05, 0) is 6.42 Å². The molecule has 0 unspecified atom stereocenters. The second kappa shape index (κ2) is 8.35. The van der Waals surface area contributed by atoms with E-state index in [0.717, 1.165) is 13.8 Å². The van der Waals surface area contributed by atoms with E-state index in [1.165, 1.54) is 0 Å². The number of amides is 1. The van der Waals surface area contributed by atoms with Crippen LogP contribution in [0.2, 0.25) is 0 Å². The Morgan fingerprint density at radius 3 is 1.53 bits per heavy atom. The van der Waals surface area contributed by atoms with E-state index in [4.69, 9.17) is 19.6 Å². The maximum absolute atomic E-state index is 11.1. The monoisotopic (exact) mass is 324 g/mol. The third-order valence-corrected chi connectivity index (χ3v) is 6.18. The molecule has 0 aromatic heterocycles. The Morgan fingerprint density at radius 2 is 1.47 bits per heavy atom. The normalized spacial score (nSPS) is 12.1. The molecule has 93 valence electrons. The number of carbonyl (C=O) groups excluding carboxylic acids is 1. The fourth-order valence-corrected chi connectivity index (χ4v) is 3.89. The minimum absolute atomic E-state index is 0. The van der Waals surface area contributed by atoms with Crippen molar-refractivity contribution in [3.63, 3.8) is 0 Å². The van der Waals surface area contributed by atoms with Crippen molar-refractivity contribution in [3.8, 4) is 0 Å². The van der Waals surface area contributed by atoms with Gasteiger partial charge < -0.3 is 24.9 Å². The SMILES string of the molecule is CCC(NC(C)=O)(P(=O)(O)O)P(=O)(O)O.[Ca].[Na]. The van der Waals surface area contributed by atoms with Crippen LogP contribution >= 0.6 is 15.2 Å². The molecule has 5 N–H and O–H groups in total. The Hall–Kier alpha value is 2.03. The average molecular weight is 324 g/mol. The van der Waals surface area contributed by atoms with Gasteiger partial charge in [-0.1, -0.05) is 6.92 Å². The van der Waals surface area contributed by atoms with Crippen LogP contribution in [0, 0.1) is 0 Å². The van der Waals surface area contributed by atoms with E-state index in [-0.39, 0.29) is 67.3 Å². The number of rotatable bonds is 4. The van der Waals surface area contributed by atoms with Gasteiger partial charge in [0, 0.05) is 74.2 Å². The molecular formula is C5H13CaNNaO7P2. The quantitative estimate of drug-likeness (QED) is 0.322. The maximum atomic E-state index is 11.1. The smallest absolute Gasteiger partial charge is 0.330 e. The summed E-state index contributed by atoms with van der Waals surface area (Å²) >= 11 is 0. The minimum atomic E-state index is -5.18. The summed E-state index contributed by atoms with van der Waals surface area (Å²) in [7, 11) is -10.4. The molecule has 0 saturated heterocycles. The van der Waals surface area contributed by atoms with Crippen molar-refractivity contribution in [2.75, 3.05) is 0 Å². The molecule has 0 saturated carbocycles. The molecule has 0 aliphatic heterocycles. The Kier molecular flexibility index (Phi) is 11.8. The molecule has 0 atom stereocenters. The fourth-order valence-electron chi connectivity index (χ4n) is 1.10. The van der Waals surface area contributed by atoms with Crippen molar-refractivity contribution in [1.29, 1.82) is 0 Å². The average Bonchev–Trinajstić information content (AvgIpc) is 1.94. The molecule has 0 aromatic carbocycles. The zero-order valence-corrected chi connectivity index (χ0v) is 15.8. The summed E-state index contributed by atoms with van der Waals surface area (Å²) in [6, 6.07) is 0. The van der Waals surface area contributed by atoms with Gasteiger partial charge in [0.2, 0.25) is 10.9 Å². The van der Waals surface area contributed by atoms with E-state index in [9.17, 15) is 13.9 Å². The maximum Gasteiger partial charge on any atom is 0.363 e. The zero-order chi connectivity index (χ0) is 12.5. The Morgan fingerprint density at radius 1 is 1.18 bits per heavy atom. The number of hydrogen-bond acceptors (Lipinski definition) is 3. The fraction of sp³-hybridized carbons (Fsp3) is 0.800. The molecule has 0 spiro atoms. The van der Waals surface area contributed by atoms with Gasteiger partial charge in [-0.25, -0.2) is 0 Å². The van der Waals surface area contributed by atoms with Crippen LogP contribution in [0.25, 0.3) is 0 Å². The molecule has 0 rings (SSSR count). The van der Waals surface area contributed by atoms with Crippen LogP contribution in [-0.4, -0.2) is 97.8 Å². The van der Waals surface area contributed by atoms with Gasteiger partial charge in [0.15, 0.2) is 0 Å². The van der Waals surface area contributed by atoms with Crippen molar-refractivity contribution in [3.05, 3.63) is 0 Å². The van der Waals surface area contributed by atoms with E-state index in [1.807, 2.05) is 0 Å². The molecule has 0 aliphatic carbocycles. The molecule has 0 heterocycles. The molecule has 0 fully saturated rings. The van der Waals surface area contributed by atoms with Gasteiger partial charge in [0.25, 0.3) is 0 Å². The van der Waals surface area contributed by atoms with Crippen molar-refractivity contribution in [2.45, 2.75) is 25.3 Å². The van der Waals surface area contributed by atoms with E-state index >= 15 is 0 Å². The molecule has 12 heteroatoms. The van der Waals surface area contributed by atoms with E-state index < -0.39 is 32.5 Å². The summed E-state index contributed by atoms with van der Waals surface area (Å²) in [4.78, 5) is 46.4. The van der Waals surface area contributed by atoms with Gasteiger partial charge in [-0.3, -0.25) is 13.9 Å². The van der Waals surface area contributed by atoms with E-state index in [0.29, 0.717) is 0 Å². The van der Waals surface area contributed by atoms with Crippen molar-refractivity contribution in [2.24, 2.45) is 0 Å². The first-order valence-corrected chi connectivity index (χ1v) is 7.10. The molecule has 3 radical (unpaired) electrons. The van der Waals surface area contributed by atoms with Crippen LogP contribution in [0.15, 0.2) is 0 Å². The third-order valence-electron chi connectivity index (χ3n) is 1.83. The van der Waals surface area contributed by atoms with Crippen molar-refractivity contribution < 1.29 is 33.5 Å². The summed E-state index contributed by atoms with van der Waals surface area (Å²) in [5.74, 6) is -0.927. The van der Waals surface area contributed by atoms with Gasteiger partial charge in [-0.15, -0.1) is 0 Å². The summed E-state index contributed by atoms with van der Waals surface area (Å²) in [6.45, 7) is 2.07. The second-order valence-electron chi connectivity index (χ2n) is 2.94.